The molecule has 0 radical (unpaired) electrons. The molecule has 13 heavy (non-hydrogen) atoms. The number of hydrogen-bond donors (Lipinski definition) is 0. The summed E-state index contributed by atoms with van der Waals surface area (Å²) in [5.41, 5.74) is 0. The highest BCUT2D eigenvalue weighted by Crippen LogP contribution is 2.08. The van der Waals surface area contributed by atoms with Crippen molar-refractivity contribution in [2.45, 2.75) is 46.7 Å². The summed E-state index contributed by atoms with van der Waals surface area (Å²) in [6.45, 7) is 9.50. The zero-order valence-electron chi connectivity index (χ0n) is 9.03. The van der Waals surface area contributed by atoms with Gasteiger partial charge in [0.25, 0.3) is 0 Å². The van der Waals surface area contributed by atoms with Crippen LogP contribution in [-0.4, -0.2) is 32.2 Å². The van der Waals surface area contributed by atoms with E-state index in [0.29, 0.717) is 5.75 Å². The Kier molecular flexibility index (Phi) is 5.21. The van der Waals surface area contributed by atoms with E-state index in [9.17, 15) is 9.00 Å². The molecule has 0 bridgehead atoms. The van der Waals surface area contributed by atoms with Crippen LogP contribution < -0.4 is 0 Å². The zero-order chi connectivity index (χ0) is 10.6. The van der Waals surface area contributed by atoms with Gasteiger partial charge in [-0.05, 0) is 27.7 Å². The van der Waals surface area contributed by atoms with Crippen molar-refractivity contribution in [2.24, 2.45) is 0 Å². The number of amides is 1. The Balaban J connectivity index is 4.56. The van der Waals surface area contributed by atoms with Gasteiger partial charge in [-0.1, -0.05) is 6.92 Å². The lowest BCUT2D eigenvalue weighted by molar-refractivity contribution is 0.188. The van der Waals surface area contributed by atoms with E-state index in [1.54, 1.807) is 11.8 Å². The van der Waals surface area contributed by atoms with Crippen LogP contribution in [-0.2, 0) is 10.8 Å². The molecule has 0 N–H and O–H groups in total. The van der Waals surface area contributed by atoms with E-state index in [-0.39, 0.29) is 17.3 Å². The summed E-state index contributed by atoms with van der Waals surface area (Å²) in [6.07, 6.45) is 0. The molecule has 0 rings (SSSR count). The molecule has 4 heteroatoms. The standard InChI is InChI=1S/C9H19NO2S/c1-6-13(12)9(11)10(7(2)3)8(4)5/h7-8H,6H2,1-5H3. The van der Waals surface area contributed by atoms with Crippen LogP contribution >= 0.6 is 0 Å². The van der Waals surface area contributed by atoms with E-state index in [2.05, 4.69) is 0 Å². The molecule has 0 saturated carbocycles. The van der Waals surface area contributed by atoms with Crippen LogP contribution in [0.5, 0.6) is 0 Å². The second kappa shape index (κ2) is 5.37. The quantitative estimate of drug-likeness (QED) is 0.706. The second-order valence-electron chi connectivity index (χ2n) is 3.49. The number of rotatable bonds is 3. The summed E-state index contributed by atoms with van der Waals surface area (Å²) < 4.78 is 11.3. The monoisotopic (exact) mass is 205 g/mol. The van der Waals surface area contributed by atoms with Crippen molar-refractivity contribution in [2.75, 3.05) is 5.75 Å². The van der Waals surface area contributed by atoms with E-state index in [4.69, 9.17) is 0 Å². The molecule has 0 saturated heterocycles. The molecular formula is C9H19NO2S. The topological polar surface area (TPSA) is 37.4 Å². The predicted octanol–water partition coefficient (Wildman–Crippen LogP) is 1.99. The summed E-state index contributed by atoms with van der Waals surface area (Å²) in [4.78, 5) is 13.2. The molecule has 0 aliphatic carbocycles. The van der Waals surface area contributed by atoms with Gasteiger partial charge in [-0.3, -0.25) is 4.79 Å². The third-order valence-corrected chi connectivity index (χ3v) is 2.91. The minimum absolute atomic E-state index is 0.114. The minimum atomic E-state index is -1.36. The van der Waals surface area contributed by atoms with Crippen molar-refractivity contribution in [3.05, 3.63) is 0 Å². The van der Waals surface area contributed by atoms with E-state index in [1.807, 2.05) is 27.7 Å². The average molecular weight is 205 g/mol. The Labute approximate surface area is 83.0 Å². The fourth-order valence-corrected chi connectivity index (χ4v) is 2.16. The molecule has 0 aliphatic heterocycles. The normalized spacial score (nSPS) is 13.5. The molecule has 0 spiro atoms. The number of hydrogen-bond acceptors (Lipinski definition) is 2. The SMILES string of the molecule is CCS(=O)C(=O)N(C(C)C)C(C)C. The van der Waals surface area contributed by atoms with Crippen molar-refractivity contribution in [1.82, 2.24) is 4.90 Å². The number of carbonyl (C=O) groups excluding carboxylic acids is 1. The van der Waals surface area contributed by atoms with Gasteiger partial charge in [0.15, 0.2) is 0 Å². The first-order chi connectivity index (χ1) is 5.91. The molecule has 3 nitrogen and oxygen atoms in total. The second-order valence-corrected chi connectivity index (χ2v) is 5.11. The molecule has 0 fully saturated rings. The lowest BCUT2D eigenvalue weighted by Gasteiger charge is -2.29. The molecule has 1 atom stereocenters. The van der Waals surface area contributed by atoms with Crippen molar-refractivity contribution in [3.63, 3.8) is 0 Å². The van der Waals surface area contributed by atoms with Gasteiger partial charge in [0.1, 0.15) is 10.8 Å². The van der Waals surface area contributed by atoms with Crippen LogP contribution in [0.3, 0.4) is 0 Å². The summed E-state index contributed by atoms with van der Waals surface area (Å²) in [5.74, 6) is 0.398. The molecule has 0 aromatic heterocycles. The fourth-order valence-electron chi connectivity index (χ4n) is 1.26. The van der Waals surface area contributed by atoms with Crippen LogP contribution in [0.2, 0.25) is 0 Å². The van der Waals surface area contributed by atoms with Crippen LogP contribution in [0.25, 0.3) is 0 Å². The molecular weight excluding hydrogens is 186 g/mol. The minimum Gasteiger partial charge on any atom is -0.327 e. The Bertz CT molecular complexity index is 194. The Morgan fingerprint density at radius 2 is 1.62 bits per heavy atom. The van der Waals surface area contributed by atoms with E-state index >= 15 is 0 Å². The van der Waals surface area contributed by atoms with Crippen molar-refractivity contribution >= 4 is 16.0 Å². The van der Waals surface area contributed by atoms with Gasteiger partial charge in [-0.2, -0.15) is 0 Å². The predicted molar refractivity (Wildman–Crippen MR) is 56.2 cm³/mol. The Morgan fingerprint density at radius 3 is 1.85 bits per heavy atom. The van der Waals surface area contributed by atoms with Crippen LogP contribution in [0.15, 0.2) is 0 Å². The first-order valence-electron chi connectivity index (χ1n) is 4.62. The molecule has 0 aromatic rings. The highest BCUT2D eigenvalue weighted by atomic mass is 32.2. The fraction of sp³-hybridized carbons (Fsp3) is 0.889. The largest absolute Gasteiger partial charge is 0.327 e. The molecule has 0 aromatic carbocycles. The third-order valence-electron chi connectivity index (χ3n) is 1.78. The molecule has 0 aliphatic rings. The van der Waals surface area contributed by atoms with Gasteiger partial charge in [0, 0.05) is 17.8 Å². The van der Waals surface area contributed by atoms with Crippen molar-refractivity contribution in [1.29, 1.82) is 0 Å². The van der Waals surface area contributed by atoms with Crippen molar-refractivity contribution < 1.29 is 9.00 Å². The molecule has 78 valence electrons. The van der Waals surface area contributed by atoms with Crippen LogP contribution in [0.1, 0.15) is 34.6 Å². The zero-order valence-corrected chi connectivity index (χ0v) is 9.85. The van der Waals surface area contributed by atoms with E-state index in [0.717, 1.165) is 0 Å². The first kappa shape index (κ1) is 12.6. The van der Waals surface area contributed by atoms with Gasteiger partial charge in [0.05, 0.1) is 0 Å². The Morgan fingerprint density at radius 1 is 1.23 bits per heavy atom. The summed E-state index contributed by atoms with van der Waals surface area (Å²) >= 11 is 0. The maximum Gasteiger partial charge on any atom is 0.312 e. The lowest BCUT2D eigenvalue weighted by Crippen LogP contribution is -2.43. The van der Waals surface area contributed by atoms with Gasteiger partial charge in [0.2, 0.25) is 0 Å². The molecule has 0 heterocycles. The number of carbonyl (C=O) groups is 1. The first-order valence-corrected chi connectivity index (χ1v) is 5.94. The maximum absolute atomic E-state index is 11.6. The highest BCUT2D eigenvalue weighted by Gasteiger charge is 2.23. The van der Waals surface area contributed by atoms with Crippen LogP contribution in [0.4, 0.5) is 4.79 Å². The van der Waals surface area contributed by atoms with Gasteiger partial charge in [-0.15, -0.1) is 0 Å². The highest BCUT2D eigenvalue weighted by molar-refractivity contribution is 8.00. The lowest BCUT2D eigenvalue weighted by atomic mass is 10.2. The van der Waals surface area contributed by atoms with Gasteiger partial charge >= 0.3 is 5.24 Å². The van der Waals surface area contributed by atoms with Crippen LogP contribution in [0, 0.1) is 0 Å². The summed E-state index contributed by atoms with van der Waals surface area (Å²) in [7, 11) is -1.36. The Hall–Kier alpha value is -0.380. The van der Waals surface area contributed by atoms with Crippen molar-refractivity contribution in [3.8, 4) is 0 Å². The molecule has 1 amide bonds. The number of nitrogens with zero attached hydrogens (tertiary/aromatic N) is 1. The average Bonchev–Trinajstić information content (AvgIpc) is 2.01. The smallest absolute Gasteiger partial charge is 0.312 e. The van der Waals surface area contributed by atoms with Gasteiger partial charge < -0.3 is 4.90 Å². The molecule has 1 unspecified atom stereocenters. The summed E-state index contributed by atoms with van der Waals surface area (Å²) in [6, 6.07) is 0.228. The van der Waals surface area contributed by atoms with E-state index < -0.39 is 10.8 Å². The maximum atomic E-state index is 11.6. The summed E-state index contributed by atoms with van der Waals surface area (Å²) in [5, 5.41) is -0.243. The van der Waals surface area contributed by atoms with Gasteiger partial charge in [-0.25, -0.2) is 4.21 Å². The third kappa shape index (κ3) is 3.46. The van der Waals surface area contributed by atoms with E-state index in [1.165, 1.54) is 0 Å².